The molecule has 13 nitrogen and oxygen atoms in total. The van der Waals surface area contributed by atoms with Gasteiger partial charge in [-0.3, -0.25) is 19.4 Å². The largest absolute Gasteiger partial charge is 0.508 e. The molecule has 1 rings (SSSR count). The molecule has 4 unspecified atom stereocenters. The highest BCUT2D eigenvalue weighted by atomic mass is 16.4. The smallest absolute Gasteiger partial charge is 0.326 e. The van der Waals surface area contributed by atoms with Crippen molar-refractivity contribution in [2.75, 3.05) is 6.54 Å². The van der Waals surface area contributed by atoms with Crippen LogP contribution in [-0.2, 0) is 25.6 Å². The van der Waals surface area contributed by atoms with Crippen LogP contribution in [-0.4, -0.2) is 70.6 Å². The molecule has 0 bridgehead atoms. The summed E-state index contributed by atoms with van der Waals surface area (Å²) in [5.41, 5.74) is 17.3. The quantitative estimate of drug-likeness (QED) is 0.0719. The molecular weight excluding hydrogens is 518 g/mol. The normalized spacial score (nSPS) is 14.1. The highest BCUT2D eigenvalue weighted by molar-refractivity contribution is 5.94. The second-order valence-electron chi connectivity index (χ2n) is 10.7. The van der Waals surface area contributed by atoms with Crippen LogP contribution in [0.15, 0.2) is 29.3 Å². The number of phenols is 1. The van der Waals surface area contributed by atoms with Crippen LogP contribution in [0.4, 0.5) is 0 Å². The van der Waals surface area contributed by atoms with Gasteiger partial charge >= 0.3 is 5.97 Å². The molecule has 0 aromatic heterocycles. The van der Waals surface area contributed by atoms with Gasteiger partial charge in [-0.1, -0.05) is 39.8 Å². The maximum atomic E-state index is 13.3. The molecule has 0 radical (unpaired) electrons. The minimum atomic E-state index is -1.27. The fourth-order valence-corrected chi connectivity index (χ4v) is 3.98. The average Bonchev–Trinajstić information content (AvgIpc) is 2.85. The van der Waals surface area contributed by atoms with Crippen molar-refractivity contribution >= 4 is 29.7 Å². The van der Waals surface area contributed by atoms with Crippen LogP contribution in [0.1, 0.15) is 58.9 Å². The number of nitrogens with zero attached hydrogens (tertiary/aromatic N) is 1. The van der Waals surface area contributed by atoms with Crippen molar-refractivity contribution in [3.8, 4) is 5.75 Å². The predicted octanol–water partition coefficient (Wildman–Crippen LogP) is -0.0532. The number of carbonyl (C=O) groups is 4. The van der Waals surface area contributed by atoms with Crippen molar-refractivity contribution in [3.05, 3.63) is 29.8 Å². The molecule has 0 aliphatic carbocycles. The Morgan fingerprint density at radius 1 is 0.825 bits per heavy atom. The third-order valence-corrected chi connectivity index (χ3v) is 5.97. The molecule has 0 fully saturated rings. The van der Waals surface area contributed by atoms with E-state index in [1.807, 2.05) is 27.7 Å². The molecular formula is C27H45N7O6. The first-order valence-electron chi connectivity index (χ1n) is 13.4. The molecule has 4 atom stereocenters. The molecule has 0 saturated heterocycles. The van der Waals surface area contributed by atoms with Crippen LogP contribution in [0.5, 0.6) is 5.75 Å². The summed E-state index contributed by atoms with van der Waals surface area (Å²) >= 11 is 0. The van der Waals surface area contributed by atoms with Crippen molar-refractivity contribution in [1.29, 1.82) is 0 Å². The van der Waals surface area contributed by atoms with Crippen LogP contribution in [0.2, 0.25) is 0 Å². The Hall–Kier alpha value is -3.87. The number of aliphatic carboxylic acids is 1. The zero-order valence-corrected chi connectivity index (χ0v) is 23.7. The van der Waals surface area contributed by atoms with Crippen molar-refractivity contribution < 1.29 is 29.4 Å². The lowest BCUT2D eigenvalue weighted by Crippen LogP contribution is -2.57. The van der Waals surface area contributed by atoms with E-state index in [0.717, 1.165) is 0 Å². The number of nitrogens with one attached hydrogen (secondary N) is 3. The number of aromatic hydroxyl groups is 1. The Balaban J connectivity index is 3.05. The molecule has 0 aliphatic heterocycles. The molecule has 0 saturated carbocycles. The number of aliphatic imine (C=N–C) groups is 1. The van der Waals surface area contributed by atoms with E-state index in [1.54, 1.807) is 12.1 Å². The second kappa shape index (κ2) is 17.0. The minimum Gasteiger partial charge on any atom is -0.508 e. The zero-order chi connectivity index (χ0) is 30.4. The number of benzene rings is 1. The van der Waals surface area contributed by atoms with E-state index in [1.165, 1.54) is 12.1 Å². The second-order valence-corrected chi connectivity index (χ2v) is 10.7. The summed E-state index contributed by atoms with van der Waals surface area (Å²) in [7, 11) is 0. The van der Waals surface area contributed by atoms with Crippen molar-refractivity contribution in [3.63, 3.8) is 0 Å². The van der Waals surface area contributed by atoms with Gasteiger partial charge in [0.05, 0.1) is 6.04 Å². The van der Waals surface area contributed by atoms with Gasteiger partial charge in [-0.25, -0.2) is 4.79 Å². The van der Waals surface area contributed by atoms with Gasteiger partial charge in [0.15, 0.2) is 5.96 Å². The van der Waals surface area contributed by atoms with E-state index in [4.69, 9.17) is 17.2 Å². The maximum Gasteiger partial charge on any atom is 0.326 e. The number of carbonyl (C=O) groups excluding carboxylic acids is 3. The first kappa shape index (κ1) is 34.2. The van der Waals surface area contributed by atoms with Crippen LogP contribution >= 0.6 is 0 Å². The van der Waals surface area contributed by atoms with E-state index in [9.17, 15) is 29.4 Å². The van der Waals surface area contributed by atoms with Crippen LogP contribution in [0.25, 0.3) is 0 Å². The summed E-state index contributed by atoms with van der Waals surface area (Å²) < 4.78 is 0. The summed E-state index contributed by atoms with van der Waals surface area (Å²) in [6.07, 6.45) is 1.16. The Morgan fingerprint density at radius 2 is 1.35 bits per heavy atom. The molecule has 13 heteroatoms. The lowest BCUT2D eigenvalue weighted by Gasteiger charge is -2.26. The first-order valence-corrected chi connectivity index (χ1v) is 13.4. The van der Waals surface area contributed by atoms with Gasteiger partial charge in [-0.15, -0.1) is 0 Å². The highest BCUT2D eigenvalue weighted by Gasteiger charge is 2.31. The molecule has 40 heavy (non-hydrogen) atoms. The Labute approximate surface area is 235 Å². The Bertz CT molecular complexity index is 1010. The average molecular weight is 564 g/mol. The molecule has 0 aliphatic rings. The highest BCUT2D eigenvalue weighted by Crippen LogP contribution is 2.13. The molecule has 3 amide bonds. The number of phenolic OH excluding ortho intramolecular Hbond substituents is 1. The predicted molar refractivity (Wildman–Crippen MR) is 152 cm³/mol. The minimum absolute atomic E-state index is 0.0224. The van der Waals surface area contributed by atoms with Crippen molar-refractivity contribution in [2.45, 2.75) is 84.0 Å². The molecule has 224 valence electrons. The SMILES string of the molecule is CC(C)CC(N)C(=O)NC(CCCN=C(N)N)C(=O)NC(CC(C)C)C(=O)NC(Cc1ccc(O)cc1)C(=O)O. The molecule has 11 N–H and O–H groups in total. The van der Waals surface area contributed by atoms with Crippen molar-refractivity contribution in [1.82, 2.24) is 16.0 Å². The van der Waals surface area contributed by atoms with Gasteiger partial charge in [0.1, 0.15) is 23.9 Å². The Kier molecular flexibility index (Phi) is 14.5. The van der Waals surface area contributed by atoms with Crippen LogP contribution < -0.4 is 33.2 Å². The van der Waals surface area contributed by atoms with E-state index < -0.39 is 47.9 Å². The van der Waals surface area contributed by atoms with Gasteiger partial charge in [0.25, 0.3) is 0 Å². The third kappa shape index (κ3) is 13.3. The monoisotopic (exact) mass is 563 g/mol. The summed E-state index contributed by atoms with van der Waals surface area (Å²) in [6, 6.07) is 1.80. The number of nitrogens with two attached hydrogens (primary N) is 3. The fourth-order valence-electron chi connectivity index (χ4n) is 3.98. The van der Waals surface area contributed by atoms with E-state index in [2.05, 4.69) is 20.9 Å². The number of guanidine groups is 1. The summed E-state index contributed by atoms with van der Waals surface area (Å²) in [5.74, 6) is -2.96. The third-order valence-electron chi connectivity index (χ3n) is 5.97. The number of carboxylic acids is 1. The number of amides is 3. The van der Waals surface area contributed by atoms with Gasteiger partial charge in [-0.2, -0.15) is 0 Å². The van der Waals surface area contributed by atoms with E-state index in [0.29, 0.717) is 18.4 Å². The van der Waals surface area contributed by atoms with Crippen LogP contribution in [0, 0.1) is 11.8 Å². The number of rotatable bonds is 17. The van der Waals surface area contributed by atoms with Crippen molar-refractivity contribution in [2.24, 2.45) is 34.0 Å². The topological polar surface area (TPSA) is 235 Å². The fraction of sp³-hybridized carbons (Fsp3) is 0.593. The number of hydrogen-bond acceptors (Lipinski definition) is 7. The van der Waals surface area contributed by atoms with Crippen LogP contribution in [0.3, 0.4) is 0 Å². The molecule has 0 spiro atoms. The lowest BCUT2D eigenvalue weighted by atomic mass is 10.00. The van der Waals surface area contributed by atoms with E-state index >= 15 is 0 Å². The standard InChI is InChI=1S/C27H45N7O6/c1-15(2)12-19(28)23(36)32-20(6-5-11-31-27(29)30)24(37)33-21(13-16(3)4)25(38)34-22(26(39)40)14-17-7-9-18(35)10-8-17/h7-10,15-16,19-22,35H,5-6,11-14,28H2,1-4H3,(H,32,36)(H,33,37)(H,34,38)(H,39,40)(H4,29,30,31). The van der Waals surface area contributed by atoms with Gasteiger partial charge in [0.2, 0.25) is 17.7 Å². The molecule has 1 aromatic carbocycles. The summed E-state index contributed by atoms with van der Waals surface area (Å²) in [5, 5.41) is 27.0. The van der Waals surface area contributed by atoms with Gasteiger partial charge in [0, 0.05) is 13.0 Å². The summed E-state index contributed by atoms with van der Waals surface area (Å²) in [6.45, 7) is 7.79. The number of carboxylic acid groups (broad SMARTS) is 1. The lowest BCUT2D eigenvalue weighted by molar-refractivity contribution is -0.142. The maximum absolute atomic E-state index is 13.3. The number of hydrogen-bond donors (Lipinski definition) is 8. The summed E-state index contributed by atoms with van der Waals surface area (Å²) in [4.78, 5) is 55.0. The zero-order valence-electron chi connectivity index (χ0n) is 23.7. The Morgan fingerprint density at radius 3 is 1.88 bits per heavy atom. The van der Waals surface area contributed by atoms with E-state index in [-0.39, 0.29) is 49.4 Å². The molecule has 0 heterocycles. The van der Waals surface area contributed by atoms with Gasteiger partial charge in [-0.05, 0) is 55.2 Å². The molecule has 1 aromatic rings. The van der Waals surface area contributed by atoms with Gasteiger partial charge < -0.3 is 43.4 Å². The first-order chi connectivity index (χ1) is 18.7.